The molecular weight excluding hydrogens is 119 g/mol. The summed E-state index contributed by atoms with van der Waals surface area (Å²) < 4.78 is 5.02. The van der Waals surface area contributed by atoms with Crippen LogP contribution in [-0.2, 0) is 4.52 Å². The van der Waals surface area contributed by atoms with Gasteiger partial charge in [0.15, 0.2) is 0 Å². The molecule has 0 spiro atoms. The van der Waals surface area contributed by atoms with Crippen molar-refractivity contribution in [2.24, 2.45) is 5.92 Å². The first-order chi connectivity index (χ1) is 3.72. The summed E-state index contributed by atoms with van der Waals surface area (Å²) in [5.74, 6) is 0.674. The van der Waals surface area contributed by atoms with E-state index in [2.05, 4.69) is 30.2 Å². The maximum absolute atomic E-state index is 5.02. The summed E-state index contributed by atoms with van der Waals surface area (Å²) in [4.78, 5) is 0. The van der Waals surface area contributed by atoms with Gasteiger partial charge in [-0.3, -0.25) is 0 Å². The van der Waals surface area contributed by atoms with Crippen molar-refractivity contribution < 1.29 is 4.52 Å². The fraction of sp³-hybridized carbons (Fsp3) is 1.00. The predicted octanol–water partition coefficient (Wildman–Crippen LogP) is 2.23. The van der Waals surface area contributed by atoms with Gasteiger partial charge in [0.1, 0.15) is 0 Å². The first-order valence-corrected chi connectivity index (χ1v) is 3.55. The third-order valence-electron chi connectivity index (χ3n) is 1.66. The van der Waals surface area contributed by atoms with E-state index in [0.717, 1.165) is 0 Å². The van der Waals surface area contributed by atoms with Gasteiger partial charge < -0.3 is 4.52 Å². The zero-order valence-corrected chi connectivity index (χ0v) is 7.00. The zero-order valence-electron chi connectivity index (χ0n) is 5.85. The van der Waals surface area contributed by atoms with Crippen LogP contribution in [0.5, 0.6) is 0 Å². The molecule has 2 heteroatoms. The van der Waals surface area contributed by atoms with Crippen molar-refractivity contribution in [3.05, 3.63) is 0 Å². The summed E-state index contributed by atoms with van der Waals surface area (Å²) >= 11 is 0. The third-order valence-corrected chi connectivity index (χ3v) is 2.09. The Labute approximate surface area is 54.1 Å². The quantitative estimate of drug-likeness (QED) is 0.538. The van der Waals surface area contributed by atoms with Crippen LogP contribution in [0, 0.1) is 5.92 Å². The van der Waals surface area contributed by atoms with Crippen LogP contribution in [0.15, 0.2) is 0 Å². The molecule has 0 aliphatic carbocycles. The Hall–Kier alpha value is 0.390. The summed E-state index contributed by atoms with van der Waals surface area (Å²) in [7, 11) is 2.29. The van der Waals surface area contributed by atoms with Gasteiger partial charge in [0.05, 0.1) is 6.10 Å². The highest BCUT2D eigenvalue weighted by Crippen LogP contribution is 2.12. The minimum absolute atomic E-state index is 0.380. The molecule has 8 heavy (non-hydrogen) atoms. The Kier molecular flexibility index (Phi) is 4.50. The number of rotatable bonds is 3. The van der Waals surface area contributed by atoms with Crippen LogP contribution in [0.25, 0.3) is 0 Å². The van der Waals surface area contributed by atoms with E-state index in [4.69, 9.17) is 4.52 Å². The predicted molar refractivity (Wildman–Crippen MR) is 39.7 cm³/mol. The molecule has 0 aromatic heterocycles. The molecule has 0 bridgehead atoms. The third kappa shape index (κ3) is 2.64. The lowest BCUT2D eigenvalue weighted by molar-refractivity contribution is 0.188. The van der Waals surface area contributed by atoms with Crippen LogP contribution in [0.3, 0.4) is 0 Å². The highest BCUT2D eigenvalue weighted by atomic mass is 31.0. The molecule has 0 aliphatic heterocycles. The molecule has 0 saturated heterocycles. The second kappa shape index (κ2) is 4.29. The van der Waals surface area contributed by atoms with Gasteiger partial charge >= 0.3 is 0 Å². The molecule has 0 radical (unpaired) electrons. The van der Waals surface area contributed by atoms with Crippen LogP contribution < -0.4 is 0 Å². The molecule has 0 aromatic carbocycles. The summed E-state index contributed by atoms with van der Waals surface area (Å²) in [6.45, 7) is 6.45. The van der Waals surface area contributed by atoms with E-state index in [1.54, 1.807) is 0 Å². The van der Waals surface area contributed by atoms with Crippen LogP contribution >= 0.6 is 9.47 Å². The van der Waals surface area contributed by atoms with Crippen molar-refractivity contribution in [1.82, 2.24) is 0 Å². The topological polar surface area (TPSA) is 9.23 Å². The maximum Gasteiger partial charge on any atom is 0.0608 e. The monoisotopic (exact) mass is 134 g/mol. The molecule has 0 aliphatic rings. The average molecular weight is 134 g/mol. The van der Waals surface area contributed by atoms with Crippen LogP contribution in [0.2, 0.25) is 0 Å². The smallest absolute Gasteiger partial charge is 0.0608 e. The lowest BCUT2D eigenvalue weighted by Gasteiger charge is -2.14. The van der Waals surface area contributed by atoms with E-state index in [-0.39, 0.29) is 0 Å². The second-order valence-corrected chi connectivity index (χ2v) is 2.50. The van der Waals surface area contributed by atoms with E-state index in [9.17, 15) is 0 Å². The average Bonchev–Trinajstić information content (AvgIpc) is 1.84. The Morgan fingerprint density at radius 3 is 2.12 bits per heavy atom. The van der Waals surface area contributed by atoms with Crippen LogP contribution in [-0.4, -0.2) is 6.10 Å². The van der Waals surface area contributed by atoms with Crippen molar-refractivity contribution in [2.45, 2.75) is 33.3 Å². The van der Waals surface area contributed by atoms with Crippen molar-refractivity contribution in [3.8, 4) is 0 Å². The Morgan fingerprint density at radius 2 is 2.00 bits per heavy atom. The summed E-state index contributed by atoms with van der Waals surface area (Å²) in [6.07, 6.45) is 1.57. The SMILES string of the molecule is CCC(C)C(C)OP. The molecule has 3 unspecified atom stereocenters. The van der Waals surface area contributed by atoms with E-state index in [1.165, 1.54) is 6.42 Å². The summed E-state index contributed by atoms with van der Waals surface area (Å²) in [6, 6.07) is 0. The largest absolute Gasteiger partial charge is 0.362 e. The van der Waals surface area contributed by atoms with E-state index in [0.29, 0.717) is 12.0 Å². The van der Waals surface area contributed by atoms with E-state index >= 15 is 0 Å². The van der Waals surface area contributed by atoms with E-state index < -0.39 is 0 Å². The van der Waals surface area contributed by atoms with Crippen molar-refractivity contribution in [2.75, 3.05) is 0 Å². The summed E-state index contributed by atoms with van der Waals surface area (Å²) in [5, 5.41) is 0. The van der Waals surface area contributed by atoms with Gasteiger partial charge in [0.25, 0.3) is 0 Å². The van der Waals surface area contributed by atoms with Gasteiger partial charge in [0.2, 0.25) is 0 Å². The van der Waals surface area contributed by atoms with Gasteiger partial charge in [-0.25, -0.2) is 0 Å². The minimum atomic E-state index is 0.380. The molecule has 0 fully saturated rings. The fourth-order valence-electron chi connectivity index (χ4n) is 0.466. The molecular formula is C6H15OP. The molecule has 0 N–H and O–H groups in total. The molecule has 0 rings (SSSR count). The Bertz CT molecular complexity index is 48.5. The molecule has 0 amide bonds. The fourth-order valence-corrected chi connectivity index (χ4v) is 0.734. The normalized spacial score (nSPS) is 18.0. The van der Waals surface area contributed by atoms with Gasteiger partial charge in [-0.15, -0.1) is 0 Å². The lowest BCUT2D eigenvalue weighted by atomic mass is 10.0. The number of hydrogen-bond donors (Lipinski definition) is 0. The Morgan fingerprint density at radius 1 is 1.50 bits per heavy atom. The molecule has 50 valence electrons. The van der Waals surface area contributed by atoms with Gasteiger partial charge in [0, 0.05) is 9.47 Å². The Balaban J connectivity index is 3.29. The highest BCUT2D eigenvalue weighted by Gasteiger charge is 2.06. The second-order valence-electron chi connectivity index (χ2n) is 2.23. The first-order valence-electron chi connectivity index (χ1n) is 3.07. The highest BCUT2D eigenvalue weighted by molar-refractivity contribution is 7.09. The standard InChI is InChI=1S/C6H15OP/c1-4-5(2)6(3)7-8/h5-6H,4,8H2,1-3H3. The molecule has 0 saturated carbocycles. The van der Waals surface area contributed by atoms with Gasteiger partial charge in [-0.05, 0) is 12.8 Å². The van der Waals surface area contributed by atoms with Crippen molar-refractivity contribution in [3.63, 3.8) is 0 Å². The molecule has 1 nitrogen and oxygen atoms in total. The minimum Gasteiger partial charge on any atom is -0.362 e. The van der Waals surface area contributed by atoms with Crippen molar-refractivity contribution >= 4 is 9.47 Å². The van der Waals surface area contributed by atoms with E-state index in [1.807, 2.05) is 0 Å². The molecule has 0 aromatic rings. The first kappa shape index (κ1) is 8.39. The maximum atomic E-state index is 5.02. The zero-order chi connectivity index (χ0) is 6.57. The summed E-state index contributed by atoms with van der Waals surface area (Å²) in [5.41, 5.74) is 0. The van der Waals surface area contributed by atoms with Crippen molar-refractivity contribution in [1.29, 1.82) is 0 Å². The molecule has 0 heterocycles. The number of hydrogen-bond acceptors (Lipinski definition) is 1. The van der Waals surface area contributed by atoms with Gasteiger partial charge in [-0.1, -0.05) is 20.3 Å². The van der Waals surface area contributed by atoms with Gasteiger partial charge in [-0.2, -0.15) is 0 Å². The lowest BCUT2D eigenvalue weighted by Crippen LogP contribution is -2.12. The van der Waals surface area contributed by atoms with Crippen LogP contribution in [0.1, 0.15) is 27.2 Å². The van der Waals surface area contributed by atoms with Crippen LogP contribution in [0.4, 0.5) is 0 Å². The molecule has 3 atom stereocenters.